The lowest BCUT2D eigenvalue weighted by molar-refractivity contribution is -0.0592. The summed E-state index contributed by atoms with van der Waals surface area (Å²) in [6, 6.07) is 18.9. The van der Waals surface area contributed by atoms with Gasteiger partial charge >= 0.3 is 5.97 Å². The summed E-state index contributed by atoms with van der Waals surface area (Å²) in [6.07, 6.45) is 4.95. The number of hydrogen-bond donors (Lipinski definition) is 1. The number of nitrogens with zero attached hydrogens (tertiary/aromatic N) is 5. The van der Waals surface area contributed by atoms with Crippen molar-refractivity contribution >= 4 is 39.5 Å². The first-order chi connectivity index (χ1) is 21.0. The number of imidazole rings is 1. The molecular weight excluding hydrogens is 566 g/mol. The van der Waals surface area contributed by atoms with E-state index in [0.717, 1.165) is 78.0 Å². The molecule has 220 valence electrons. The topological polar surface area (TPSA) is 103 Å². The number of hydrogen-bond acceptors (Lipinski definition) is 7. The lowest BCUT2D eigenvalue weighted by atomic mass is 9.93. The summed E-state index contributed by atoms with van der Waals surface area (Å²) in [5, 5.41) is 11.2. The summed E-state index contributed by atoms with van der Waals surface area (Å²) in [5.74, 6) is 0.978. The predicted molar refractivity (Wildman–Crippen MR) is 164 cm³/mol. The van der Waals surface area contributed by atoms with E-state index >= 15 is 0 Å². The maximum atomic E-state index is 11.6. The van der Waals surface area contributed by atoms with Crippen LogP contribution in [0.4, 0.5) is 0 Å². The molecule has 1 N–H and O–H groups in total. The number of piperidine rings is 1. The summed E-state index contributed by atoms with van der Waals surface area (Å²) >= 11 is 6.15. The molecule has 2 saturated heterocycles. The second-order valence-electron chi connectivity index (χ2n) is 11.3. The molecule has 5 heterocycles. The molecular formula is C33H32ClN5O4. The minimum Gasteiger partial charge on any atom is -0.478 e. The number of carbonyl (C=O) groups is 1. The molecule has 1 unspecified atom stereocenters. The summed E-state index contributed by atoms with van der Waals surface area (Å²) in [7, 11) is 0. The number of halogens is 1. The molecule has 0 saturated carbocycles. The van der Waals surface area contributed by atoms with Crippen molar-refractivity contribution in [3.05, 3.63) is 94.5 Å². The number of aromatic carboxylic acids is 1. The zero-order valence-corrected chi connectivity index (χ0v) is 24.4. The molecule has 0 radical (unpaired) electrons. The van der Waals surface area contributed by atoms with Crippen molar-refractivity contribution in [2.75, 3.05) is 19.7 Å². The Morgan fingerprint density at radius 1 is 1.02 bits per heavy atom. The van der Waals surface area contributed by atoms with Gasteiger partial charge in [-0.2, -0.15) is 0 Å². The third-order valence-corrected chi connectivity index (χ3v) is 8.69. The zero-order chi connectivity index (χ0) is 29.3. The van der Waals surface area contributed by atoms with Gasteiger partial charge in [-0.3, -0.25) is 9.88 Å². The maximum absolute atomic E-state index is 11.6. The summed E-state index contributed by atoms with van der Waals surface area (Å²) in [6.45, 7) is 4.39. The number of carboxylic acid groups (broad SMARTS) is 1. The van der Waals surface area contributed by atoms with Gasteiger partial charge in [0.05, 0.1) is 41.3 Å². The van der Waals surface area contributed by atoms with Crippen LogP contribution in [0.3, 0.4) is 0 Å². The third-order valence-electron chi connectivity index (χ3n) is 8.46. The Morgan fingerprint density at radius 3 is 2.65 bits per heavy atom. The molecule has 43 heavy (non-hydrogen) atoms. The molecule has 1 atom stereocenters. The van der Waals surface area contributed by atoms with E-state index in [4.69, 9.17) is 31.0 Å². The molecule has 2 aliphatic heterocycles. The Hall–Kier alpha value is -4.05. The first-order valence-electron chi connectivity index (χ1n) is 14.7. The van der Waals surface area contributed by atoms with Crippen molar-refractivity contribution in [2.24, 2.45) is 0 Å². The van der Waals surface area contributed by atoms with Crippen LogP contribution in [0.2, 0.25) is 5.02 Å². The van der Waals surface area contributed by atoms with Crippen LogP contribution in [0.25, 0.3) is 21.9 Å². The number of fused-ring (bicyclic) bond motifs is 2. The molecule has 3 aromatic heterocycles. The first kappa shape index (κ1) is 27.8. The Balaban J connectivity index is 0.998. The highest BCUT2D eigenvalue weighted by molar-refractivity contribution is 6.31. The quantitative estimate of drug-likeness (QED) is 0.218. The van der Waals surface area contributed by atoms with Gasteiger partial charge in [-0.1, -0.05) is 17.7 Å². The highest BCUT2D eigenvalue weighted by Crippen LogP contribution is 2.30. The van der Waals surface area contributed by atoms with Gasteiger partial charge in [0.15, 0.2) is 0 Å². The Kier molecular flexibility index (Phi) is 7.69. The van der Waals surface area contributed by atoms with E-state index in [1.54, 1.807) is 18.2 Å². The molecule has 0 spiro atoms. The van der Waals surface area contributed by atoms with Crippen LogP contribution in [0, 0.1) is 0 Å². The fraction of sp³-hybridized carbons (Fsp3) is 0.333. The van der Waals surface area contributed by atoms with Gasteiger partial charge in [0.2, 0.25) is 5.88 Å². The molecule has 0 amide bonds. The smallest absolute Gasteiger partial charge is 0.335 e. The highest BCUT2D eigenvalue weighted by Gasteiger charge is 2.26. The van der Waals surface area contributed by atoms with E-state index in [9.17, 15) is 9.90 Å². The van der Waals surface area contributed by atoms with Gasteiger partial charge in [0.1, 0.15) is 12.4 Å². The maximum Gasteiger partial charge on any atom is 0.335 e. The normalized spacial score (nSPS) is 17.7. The Labute approximate surface area is 254 Å². The molecule has 2 aromatic carbocycles. The molecule has 5 aromatic rings. The number of likely N-dealkylation sites (tertiary alicyclic amines) is 1. The first-order valence-corrected chi connectivity index (χ1v) is 15.1. The number of pyridine rings is 2. The summed E-state index contributed by atoms with van der Waals surface area (Å²) in [4.78, 5) is 28.3. The lowest BCUT2D eigenvalue weighted by Crippen LogP contribution is -2.35. The predicted octanol–water partition coefficient (Wildman–Crippen LogP) is 6.08. The average molecular weight is 598 g/mol. The third kappa shape index (κ3) is 6.06. The highest BCUT2D eigenvalue weighted by atomic mass is 35.5. The van der Waals surface area contributed by atoms with E-state index in [-0.39, 0.29) is 11.7 Å². The van der Waals surface area contributed by atoms with Crippen molar-refractivity contribution < 1.29 is 19.4 Å². The molecule has 7 rings (SSSR count). The fourth-order valence-corrected chi connectivity index (χ4v) is 6.15. The van der Waals surface area contributed by atoms with E-state index in [1.165, 1.54) is 0 Å². The number of benzene rings is 2. The zero-order valence-electron chi connectivity index (χ0n) is 23.7. The number of aromatic nitrogens is 4. The standard InChI is InChI=1S/C33H32ClN5O4/c34-25-5-7-27-24(15-25)14-21(17-35-27)20-43-32-3-1-2-28(37-32)22-8-11-38(12-9-22)19-31-36-29-6-4-23(33(40)41)16-30(29)39(31)18-26-10-13-42-26/h1-7,14-17,22,26H,8-13,18-20H2,(H,40,41). The molecule has 9 nitrogen and oxygen atoms in total. The molecule has 2 fully saturated rings. The van der Waals surface area contributed by atoms with Crippen molar-refractivity contribution in [3.8, 4) is 5.88 Å². The van der Waals surface area contributed by atoms with Crippen molar-refractivity contribution in [3.63, 3.8) is 0 Å². The second-order valence-corrected chi connectivity index (χ2v) is 11.8. The summed E-state index contributed by atoms with van der Waals surface area (Å²) < 4.78 is 13.9. The van der Waals surface area contributed by atoms with Gasteiger partial charge in [0, 0.05) is 46.5 Å². The van der Waals surface area contributed by atoms with E-state index in [1.807, 2.05) is 42.6 Å². The van der Waals surface area contributed by atoms with E-state index in [0.29, 0.717) is 36.5 Å². The number of ether oxygens (including phenoxy) is 2. The van der Waals surface area contributed by atoms with Crippen LogP contribution in [0.15, 0.2) is 66.9 Å². The molecule has 10 heteroatoms. The molecule has 0 bridgehead atoms. The van der Waals surface area contributed by atoms with Gasteiger partial charge in [-0.25, -0.2) is 14.8 Å². The number of rotatable bonds is 9. The molecule has 2 aliphatic rings. The molecule has 0 aliphatic carbocycles. The van der Waals surface area contributed by atoms with Gasteiger partial charge in [-0.15, -0.1) is 0 Å². The Morgan fingerprint density at radius 2 is 1.86 bits per heavy atom. The van der Waals surface area contributed by atoms with E-state index < -0.39 is 5.97 Å². The largest absolute Gasteiger partial charge is 0.478 e. The Bertz CT molecular complexity index is 1800. The van der Waals surface area contributed by atoms with Gasteiger partial charge < -0.3 is 19.1 Å². The minimum atomic E-state index is -0.933. The fourth-order valence-electron chi connectivity index (χ4n) is 5.97. The SMILES string of the molecule is O=C(O)c1ccc2nc(CN3CCC(c4cccc(OCc5cnc6ccc(Cl)cc6c5)n4)CC3)n(CC3CCO3)c2c1. The lowest BCUT2D eigenvalue weighted by Gasteiger charge is -2.32. The van der Waals surface area contributed by atoms with Crippen LogP contribution >= 0.6 is 11.6 Å². The minimum absolute atomic E-state index is 0.145. The average Bonchev–Trinajstić information content (AvgIpc) is 3.34. The summed E-state index contributed by atoms with van der Waals surface area (Å²) in [5.41, 5.74) is 4.85. The van der Waals surface area contributed by atoms with Crippen LogP contribution in [0.5, 0.6) is 5.88 Å². The van der Waals surface area contributed by atoms with Crippen molar-refractivity contribution in [2.45, 2.75) is 51.0 Å². The van der Waals surface area contributed by atoms with Crippen LogP contribution < -0.4 is 4.74 Å². The second kappa shape index (κ2) is 11.9. The van der Waals surface area contributed by atoms with Gasteiger partial charge in [0.25, 0.3) is 0 Å². The van der Waals surface area contributed by atoms with E-state index in [2.05, 4.69) is 20.5 Å². The monoisotopic (exact) mass is 597 g/mol. The van der Waals surface area contributed by atoms with Crippen molar-refractivity contribution in [1.29, 1.82) is 0 Å². The number of carboxylic acids is 1. The van der Waals surface area contributed by atoms with Crippen molar-refractivity contribution in [1.82, 2.24) is 24.4 Å². The van der Waals surface area contributed by atoms with Crippen LogP contribution in [-0.4, -0.2) is 61.3 Å². The van der Waals surface area contributed by atoms with Gasteiger partial charge in [-0.05, 0) is 80.9 Å². The van der Waals surface area contributed by atoms with Crippen LogP contribution in [0.1, 0.15) is 52.6 Å². The van der Waals surface area contributed by atoms with Crippen LogP contribution in [-0.2, 0) is 24.4 Å².